The molecule has 0 saturated heterocycles. The van der Waals surface area contributed by atoms with Crippen molar-refractivity contribution in [1.29, 1.82) is 0 Å². The standard InChI is InChI=1S/C12H13N7O/c1-6-2-3-7(8(13)4-6)5-9-10(20)15-12-17-16-11(14)19(12)18-9/h2-4H,5,13H2,1H3,(H2,14,16)(H,15,17,20). The lowest BCUT2D eigenvalue weighted by Crippen LogP contribution is -2.19. The second kappa shape index (κ2) is 4.34. The molecule has 0 amide bonds. The lowest BCUT2D eigenvalue weighted by molar-refractivity contribution is 0.831. The number of nitrogens with two attached hydrogens (primary N) is 2. The maximum absolute atomic E-state index is 11.9. The molecule has 8 heteroatoms. The minimum absolute atomic E-state index is 0.120. The lowest BCUT2D eigenvalue weighted by Gasteiger charge is -2.06. The van der Waals surface area contributed by atoms with E-state index in [4.69, 9.17) is 11.5 Å². The highest BCUT2D eigenvalue weighted by atomic mass is 16.1. The van der Waals surface area contributed by atoms with Crippen molar-refractivity contribution < 1.29 is 0 Å². The Hall–Kier alpha value is -2.90. The molecule has 3 aromatic rings. The number of aromatic amines is 1. The van der Waals surface area contributed by atoms with Gasteiger partial charge in [0, 0.05) is 12.1 Å². The van der Waals surface area contributed by atoms with Crippen LogP contribution in [0.15, 0.2) is 23.0 Å². The Balaban J connectivity index is 2.07. The maximum atomic E-state index is 11.9. The van der Waals surface area contributed by atoms with Gasteiger partial charge in [-0.3, -0.25) is 9.78 Å². The van der Waals surface area contributed by atoms with Gasteiger partial charge in [0.2, 0.25) is 5.95 Å². The third kappa shape index (κ3) is 1.96. The van der Waals surface area contributed by atoms with Crippen LogP contribution in [-0.4, -0.2) is 24.8 Å². The molecule has 3 rings (SSSR count). The van der Waals surface area contributed by atoms with Gasteiger partial charge in [-0.1, -0.05) is 12.1 Å². The smallest absolute Gasteiger partial charge is 0.274 e. The van der Waals surface area contributed by atoms with E-state index in [1.807, 2.05) is 25.1 Å². The molecule has 0 aliphatic rings. The zero-order chi connectivity index (χ0) is 14.3. The third-order valence-electron chi connectivity index (χ3n) is 3.03. The van der Waals surface area contributed by atoms with Crippen molar-refractivity contribution in [2.45, 2.75) is 13.3 Å². The number of hydrogen-bond donors (Lipinski definition) is 3. The summed E-state index contributed by atoms with van der Waals surface area (Å²) in [6.45, 7) is 1.95. The van der Waals surface area contributed by atoms with Crippen molar-refractivity contribution in [2.24, 2.45) is 0 Å². The summed E-state index contributed by atoms with van der Waals surface area (Å²) in [4.78, 5) is 14.5. The molecule has 0 aliphatic heterocycles. The third-order valence-corrected chi connectivity index (χ3v) is 3.03. The predicted molar refractivity (Wildman–Crippen MR) is 74.2 cm³/mol. The fourth-order valence-corrected chi connectivity index (χ4v) is 1.98. The summed E-state index contributed by atoms with van der Waals surface area (Å²) < 4.78 is 1.29. The summed E-state index contributed by atoms with van der Waals surface area (Å²) in [7, 11) is 0. The molecule has 2 aromatic heterocycles. The Kier molecular flexibility index (Phi) is 2.63. The highest BCUT2D eigenvalue weighted by Crippen LogP contribution is 2.16. The van der Waals surface area contributed by atoms with Gasteiger partial charge in [-0.15, -0.1) is 10.2 Å². The molecule has 20 heavy (non-hydrogen) atoms. The van der Waals surface area contributed by atoms with E-state index in [1.54, 1.807) is 0 Å². The molecule has 5 N–H and O–H groups in total. The van der Waals surface area contributed by atoms with Gasteiger partial charge in [-0.25, -0.2) is 0 Å². The summed E-state index contributed by atoms with van der Waals surface area (Å²) in [6.07, 6.45) is 0.314. The fourth-order valence-electron chi connectivity index (χ4n) is 1.98. The number of benzene rings is 1. The van der Waals surface area contributed by atoms with Gasteiger partial charge >= 0.3 is 0 Å². The van der Waals surface area contributed by atoms with E-state index in [9.17, 15) is 4.79 Å². The Morgan fingerprint density at radius 2 is 2.10 bits per heavy atom. The lowest BCUT2D eigenvalue weighted by atomic mass is 10.1. The molecule has 0 radical (unpaired) electrons. The van der Waals surface area contributed by atoms with Gasteiger partial charge in [-0.05, 0) is 24.1 Å². The molecule has 2 heterocycles. The van der Waals surface area contributed by atoms with E-state index in [-0.39, 0.29) is 17.3 Å². The van der Waals surface area contributed by atoms with Crippen LogP contribution < -0.4 is 17.0 Å². The number of nitrogens with zero attached hydrogens (tertiary/aromatic N) is 4. The molecule has 0 atom stereocenters. The first-order valence-electron chi connectivity index (χ1n) is 5.99. The Morgan fingerprint density at radius 1 is 1.30 bits per heavy atom. The first-order chi connectivity index (χ1) is 9.54. The quantitative estimate of drug-likeness (QED) is 0.557. The summed E-state index contributed by atoms with van der Waals surface area (Å²) in [5, 5.41) is 11.5. The van der Waals surface area contributed by atoms with E-state index in [0.29, 0.717) is 17.8 Å². The minimum Gasteiger partial charge on any atom is -0.398 e. The van der Waals surface area contributed by atoms with Crippen molar-refractivity contribution in [3.05, 3.63) is 45.4 Å². The van der Waals surface area contributed by atoms with E-state index in [0.717, 1.165) is 11.1 Å². The molecule has 0 bridgehead atoms. The number of nitrogens with one attached hydrogen (secondary N) is 1. The first-order valence-corrected chi connectivity index (χ1v) is 5.99. The molecule has 8 nitrogen and oxygen atoms in total. The summed E-state index contributed by atoms with van der Waals surface area (Å²) in [5.41, 5.74) is 14.1. The Morgan fingerprint density at radius 3 is 2.85 bits per heavy atom. The highest BCUT2D eigenvalue weighted by molar-refractivity contribution is 5.50. The predicted octanol–water partition coefficient (Wildman–Crippen LogP) is -0.124. The molecule has 0 aliphatic carbocycles. The van der Waals surface area contributed by atoms with Crippen LogP contribution in [0.4, 0.5) is 11.6 Å². The van der Waals surface area contributed by atoms with Crippen LogP contribution in [0.5, 0.6) is 0 Å². The van der Waals surface area contributed by atoms with E-state index in [1.165, 1.54) is 4.52 Å². The van der Waals surface area contributed by atoms with Gasteiger partial charge < -0.3 is 11.5 Å². The van der Waals surface area contributed by atoms with Crippen LogP contribution in [0, 0.1) is 6.92 Å². The average Bonchev–Trinajstić information content (AvgIpc) is 2.74. The fraction of sp³-hybridized carbons (Fsp3) is 0.167. The van der Waals surface area contributed by atoms with Crippen LogP contribution in [0.25, 0.3) is 5.78 Å². The van der Waals surface area contributed by atoms with Crippen molar-refractivity contribution in [2.75, 3.05) is 11.5 Å². The SMILES string of the molecule is Cc1ccc(Cc2nn3c(N)nnc3[nH]c2=O)c(N)c1. The molecule has 0 saturated carbocycles. The number of hydrogen-bond acceptors (Lipinski definition) is 6. The molecule has 0 fully saturated rings. The zero-order valence-electron chi connectivity index (χ0n) is 10.8. The first kappa shape index (κ1) is 12.2. The van der Waals surface area contributed by atoms with Crippen LogP contribution in [0.3, 0.4) is 0 Å². The van der Waals surface area contributed by atoms with E-state index >= 15 is 0 Å². The molecule has 1 aromatic carbocycles. The average molecular weight is 271 g/mol. The second-order valence-electron chi connectivity index (χ2n) is 4.57. The molecule has 102 valence electrons. The van der Waals surface area contributed by atoms with E-state index in [2.05, 4.69) is 20.3 Å². The van der Waals surface area contributed by atoms with Crippen molar-refractivity contribution in [1.82, 2.24) is 24.8 Å². The summed E-state index contributed by atoms with van der Waals surface area (Å²) in [5.74, 6) is 0.336. The van der Waals surface area contributed by atoms with Gasteiger partial charge in [-0.2, -0.15) is 9.61 Å². The van der Waals surface area contributed by atoms with Crippen LogP contribution in [0.1, 0.15) is 16.8 Å². The van der Waals surface area contributed by atoms with Gasteiger partial charge in [0.15, 0.2) is 0 Å². The summed E-state index contributed by atoms with van der Waals surface area (Å²) >= 11 is 0. The minimum atomic E-state index is -0.329. The Labute approximate surface area is 113 Å². The number of anilines is 2. The number of H-pyrrole nitrogens is 1. The van der Waals surface area contributed by atoms with Gasteiger partial charge in [0.05, 0.1) is 0 Å². The van der Waals surface area contributed by atoms with Crippen LogP contribution in [0.2, 0.25) is 0 Å². The highest BCUT2D eigenvalue weighted by Gasteiger charge is 2.11. The molecular weight excluding hydrogens is 258 g/mol. The van der Waals surface area contributed by atoms with Crippen LogP contribution in [-0.2, 0) is 6.42 Å². The summed E-state index contributed by atoms with van der Waals surface area (Å²) in [6, 6.07) is 5.67. The molecule has 0 unspecified atom stereocenters. The second-order valence-corrected chi connectivity index (χ2v) is 4.57. The molecular formula is C12H13N7O. The van der Waals surface area contributed by atoms with Gasteiger partial charge in [0.1, 0.15) is 5.69 Å². The number of rotatable bonds is 2. The largest absolute Gasteiger partial charge is 0.398 e. The number of aromatic nitrogens is 5. The monoisotopic (exact) mass is 271 g/mol. The van der Waals surface area contributed by atoms with E-state index < -0.39 is 0 Å². The van der Waals surface area contributed by atoms with Crippen LogP contribution >= 0.6 is 0 Å². The van der Waals surface area contributed by atoms with Crippen molar-refractivity contribution >= 4 is 17.4 Å². The van der Waals surface area contributed by atoms with Crippen molar-refractivity contribution in [3.63, 3.8) is 0 Å². The number of fused-ring (bicyclic) bond motifs is 1. The maximum Gasteiger partial charge on any atom is 0.274 e. The normalized spacial score (nSPS) is 11.1. The number of nitrogen functional groups attached to an aromatic ring is 2. The molecule has 0 spiro atoms. The topological polar surface area (TPSA) is 128 Å². The number of aryl methyl sites for hydroxylation is 1. The zero-order valence-corrected chi connectivity index (χ0v) is 10.8. The Bertz CT molecular complexity index is 849. The van der Waals surface area contributed by atoms with Crippen molar-refractivity contribution in [3.8, 4) is 0 Å². The van der Waals surface area contributed by atoms with Gasteiger partial charge in [0.25, 0.3) is 11.3 Å².